The summed E-state index contributed by atoms with van der Waals surface area (Å²) in [5, 5.41) is 22.0. The van der Waals surface area contributed by atoms with Gasteiger partial charge in [-0.25, -0.2) is 4.39 Å². The molecule has 1 aliphatic heterocycles. The summed E-state index contributed by atoms with van der Waals surface area (Å²) in [6.45, 7) is 5.99. The molecule has 2 heterocycles. The maximum absolute atomic E-state index is 13.7. The van der Waals surface area contributed by atoms with E-state index in [0.717, 1.165) is 5.56 Å². The molecule has 0 bridgehead atoms. The minimum absolute atomic E-state index is 0.0854. The highest BCUT2D eigenvalue weighted by atomic mass is 32.2. The van der Waals surface area contributed by atoms with Crippen molar-refractivity contribution in [3.8, 4) is 6.07 Å². The molecule has 1 atom stereocenters. The van der Waals surface area contributed by atoms with Gasteiger partial charge in [0.25, 0.3) is 0 Å². The zero-order valence-electron chi connectivity index (χ0n) is 22.2. The Labute approximate surface area is 239 Å². The zero-order valence-corrected chi connectivity index (χ0v) is 23.8. The van der Waals surface area contributed by atoms with E-state index in [1.807, 2.05) is 45.0 Å². The van der Waals surface area contributed by atoms with Crippen LogP contribution in [-0.2, 0) is 9.59 Å². The van der Waals surface area contributed by atoms with E-state index in [0.29, 0.717) is 44.8 Å². The number of halogens is 1. The van der Waals surface area contributed by atoms with E-state index in [2.05, 4.69) is 21.6 Å². The molecule has 2 aliphatic rings. The van der Waals surface area contributed by atoms with E-state index in [4.69, 9.17) is 5.73 Å². The number of amides is 1. The number of hydrogen-bond donors (Lipinski definition) is 2. The first-order valence-electron chi connectivity index (χ1n) is 12.6. The molecule has 2 aromatic carbocycles. The standard InChI is InChI=1S/C29H27FN6O2S2/c1-16-4-10-19(11-5-16)33-23(38)15-39-28-35-34-27(40-28)36-21-12-29(2,3)13-22(37)25(21)24(20(14-31)26(36)32)17-6-8-18(30)9-7-17/h4-11,24H,12-13,15,32H2,1-3H3,(H,33,38). The third-order valence-corrected chi connectivity index (χ3v) is 8.88. The molecular formula is C29H27FN6O2S2. The van der Waals surface area contributed by atoms with Crippen molar-refractivity contribution in [3.05, 3.63) is 88.1 Å². The van der Waals surface area contributed by atoms with Gasteiger partial charge in [-0.1, -0.05) is 66.8 Å². The molecule has 0 saturated heterocycles. The number of nitrogens with two attached hydrogens (primary N) is 1. The van der Waals surface area contributed by atoms with E-state index in [1.165, 1.54) is 35.2 Å². The minimum Gasteiger partial charge on any atom is -0.384 e. The number of benzene rings is 2. The van der Waals surface area contributed by atoms with E-state index >= 15 is 0 Å². The fourth-order valence-corrected chi connectivity index (χ4v) is 6.71. The molecule has 5 rings (SSSR count). The average molecular weight is 575 g/mol. The van der Waals surface area contributed by atoms with Gasteiger partial charge in [0.2, 0.25) is 11.0 Å². The SMILES string of the molecule is Cc1ccc(NC(=O)CSc2nnc(N3C(N)=C(C#N)C(c4ccc(F)cc4)C4=C3CC(C)(C)CC4=O)s2)cc1. The molecule has 3 aromatic rings. The van der Waals surface area contributed by atoms with E-state index in [-0.39, 0.29) is 34.3 Å². The van der Waals surface area contributed by atoms with Crippen LogP contribution in [0.15, 0.2) is 75.5 Å². The Morgan fingerprint density at radius 2 is 1.90 bits per heavy atom. The zero-order chi connectivity index (χ0) is 28.6. The summed E-state index contributed by atoms with van der Waals surface area (Å²) in [7, 11) is 0. The van der Waals surface area contributed by atoms with Crippen molar-refractivity contribution in [2.24, 2.45) is 11.1 Å². The second-order valence-electron chi connectivity index (χ2n) is 10.6. The third kappa shape index (κ3) is 5.50. The Kier molecular flexibility index (Phi) is 7.49. The van der Waals surface area contributed by atoms with Crippen LogP contribution in [0.3, 0.4) is 0 Å². The highest BCUT2D eigenvalue weighted by Crippen LogP contribution is 2.50. The van der Waals surface area contributed by atoms with E-state index in [9.17, 15) is 19.2 Å². The third-order valence-electron chi connectivity index (χ3n) is 6.83. The fourth-order valence-electron chi connectivity index (χ4n) is 5.03. The van der Waals surface area contributed by atoms with Crippen LogP contribution >= 0.6 is 23.1 Å². The number of carbonyl (C=O) groups is 2. The second-order valence-corrected chi connectivity index (χ2v) is 12.8. The normalized spacial score (nSPS) is 18.4. The topological polar surface area (TPSA) is 125 Å². The molecule has 204 valence electrons. The number of carbonyl (C=O) groups excluding carboxylic acids is 2. The smallest absolute Gasteiger partial charge is 0.234 e. The van der Waals surface area contributed by atoms with Crippen molar-refractivity contribution in [1.82, 2.24) is 10.2 Å². The van der Waals surface area contributed by atoms with Gasteiger partial charge in [-0.15, -0.1) is 10.2 Å². The summed E-state index contributed by atoms with van der Waals surface area (Å²) in [5.74, 6) is -1.09. The van der Waals surface area contributed by atoms with Crippen LogP contribution in [-0.4, -0.2) is 27.6 Å². The number of Topliss-reactive ketones (excluding diaryl/α,β-unsaturated/α-hetero) is 1. The Morgan fingerprint density at radius 1 is 1.20 bits per heavy atom. The molecule has 1 unspecified atom stereocenters. The summed E-state index contributed by atoms with van der Waals surface area (Å²) in [6, 6.07) is 15.5. The van der Waals surface area contributed by atoms with Crippen molar-refractivity contribution in [2.45, 2.75) is 43.9 Å². The van der Waals surface area contributed by atoms with Crippen molar-refractivity contribution in [1.29, 1.82) is 5.26 Å². The van der Waals surface area contributed by atoms with Gasteiger partial charge in [-0.2, -0.15) is 5.26 Å². The van der Waals surface area contributed by atoms with Gasteiger partial charge >= 0.3 is 0 Å². The number of nitrogens with zero attached hydrogens (tertiary/aromatic N) is 4. The molecule has 3 N–H and O–H groups in total. The predicted octanol–water partition coefficient (Wildman–Crippen LogP) is 5.66. The highest BCUT2D eigenvalue weighted by molar-refractivity contribution is 8.01. The first kappa shape index (κ1) is 27.6. The molecule has 11 heteroatoms. The van der Waals surface area contributed by atoms with Crippen LogP contribution in [0.25, 0.3) is 0 Å². The first-order chi connectivity index (χ1) is 19.1. The lowest BCUT2D eigenvalue weighted by molar-refractivity contribution is -0.118. The van der Waals surface area contributed by atoms with Crippen LogP contribution in [0.2, 0.25) is 0 Å². The Balaban J connectivity index is 1.46. The molecule has 1 aliphatic carbocycles. The second kappa shape index (κ2) is 10.9. The number of hydrogen-bond acceptors (Lipinski definition) is 9. The number of ketones is 1. The molecule has 40 heavy (non-hydrogen) atoms. The largest absolute Gasteiger partial charge is 0.384 e. The van der Waals surface area contributed by atoms with E-state index < -0.39 is 11.7 Å². The molecule has 0 spiro atoms. The number of aromatic nitrogens is 2. The monoisotopic (exact) mass is 574 g/mol. The number of nitriles is 1. The summed E-state index contributed by atoms with van der Waals surface area (Å²) >= 11 is 2.47. The summed E-state index contributed by atoms with van der Waals surface area (Å²) < 4.78 is 14.3. The molecular weight excluding hydrogens is 547 g/mol. The van der Waals surface area contributed by atoms with Crippen molar-refractivity contribution >= 4 is 45.6 Å². The number of anilines is 2. The number of thioether (sulfide) groups is 1. The van der Waals surface area contributed by atoms with Gasteiger partial charge in [-0.3, -0.25) is 14.5 Å². The van der Waals surface area contributed by atoms with Crippen molar-refractivity contribution in [3.63, 3.8) is 0 Å². The van der Waals surface area contributed by atoms with Gasteiger partial charge in [0.15, 0.2) is 10.1 Å². The van der Waals surface area contributed by atoms with Crippen molar-refractivity contribution in [2.75, 3.05) is 16.0 Å². The maximum Gasteiger partial charge on any atom is 0.234 e. The Bertz CT molecular complexity index is 1590. The molecule has 1 aromatic heterocycles. The first-order valence-corrected chi connectivity index (χ1v) is 14.4. The van der Waals surface area contributed by atoms with Gasteiger partial charge in [-0.05, 0) is 48.6 Å². The van der Waals surface area contributed by atoms with Crippen LogP contribution in [0.1, 0.15) is 43.7 Å². The summed E-state index contributed by atoms with van der Waals surface area (Å²) in [4.78, 5) is 27.7. The van der Waals surface area contributed by atoms with Gasteiger partial charge in [0.1, 0.15) is 11.6 Å². The molecule has 0 saturated carbocycles. The summed E-state index contributed by atoms with van der Waals surface area (Å²) in [6.07, 6.45) is 0.829. The number of rotatable bonds is 6. The maximum atomic E-state index is 13.7. The lowest BCUT2D eigenvalue weighted by atomic mass is 9.69. The molecule has 8 nitrogen and oxygen atoms in total. The Morgan fingerprint density at radius 3 is 2.58 bits per heavy atom. The molecule has 1 amide bonds. The molecule has 0 fully saturated rings. The van der Waals surface area contributed by atoms with Gasteiger partial charge in [0.05, 0.1) is 23.3 Å². The fraction of sp³-hybridized carbons (Fsp3) is 0.276. The van der Waals surface area contributed by atoms with E-state index in [1.54, 1.807) is 17.0 Å². The lowest BCUT2D eigenvalue weighted by Gasteiger charge is -2.42. The van der Waals surface area contributed by atoms with Crippen molar-refractivity contribution < 1.29 is 14.0 Å². The minimum atomic E-state index is -0.701. The predicted molar refractivity (Wildman–Crippen MR) is 154 cm³/mol. The van der Waals surface area contributed by atoms with Crippen LogP contribution in [0.4, 0.5) is 15.2 Å². The average Bonchev–Trinajstić information content (AvgIpc) is 3.36. The Hall–Kier alpha value is -4.01. The quantitative estimate of drug-likeness (QED) is 0.362. The van der Waals surface area contributed by atoms with Crippen LogP contribution in [0, 0.1) is 29.5 Å². The van der Waals surface area contributed by atoms with Crippen LogP contribution in [0.5, 0.6) is 0 Å². The summed E-state index contributed by atoms with van der Waals surface area (Å²) in [5.41, 5.74) is 10.0. The van der Waals surface area contributed by atoms with Gasteiger partial charge in [0, 0.05) is 23.4 Å². The number of aryl methyl sites for hydroxylation is 1. The van der Waals surface area contributed by atoms with Gasteiger partial charge < -0.3 is 11.1 Å². The van der Waals surface area contributed by atoms with Crippen LogP contribution < -0.4 is 16.0 Å². The molecule has 0 radical (unpaired) electrons. The lowest BCUT2D eigenvalue weighted by Crippen LogP contribution is -2.42. The highest BCUT2D eigenvalue weighted by Gasteiger charge is 2.45. The number of nitrogens with one attached hydrogen (secondary N) is 1. The number of allylic oxidation sites excluding steroid dienone is 3.